The fourth-order valence-electron chi connectivity index (χ4n) is 8.92. The summed E-state index contributed by atoms with van der Waals surface area (Å²) in [5.74, 6) is 0.919. The minimum absolute atomic E-state index is 0.0890. The quantitative estimate of drug-likeness (QED) is 0.173. The van der Waals surface area contributed by atoms with Gasteiger partial charge in [-0.1, -0.05) is 189 Å². The third-order valence-electron chi connectivity index (χ3n) is 12.8. The van der Waals surface area contributed by atoms with E-state index < -0.39 is 11.8 Å². The van der Waals surface area contributed by atoms with Gasteiger partial charge in [0.25, 0.3) is 0 Å². The molecule has 0 amide bonds. The number of phenols is 1. The van der Waals surface area contributed by atoms with E-state index in [-0.39, 0.29) is 27.4 Å². The number of phenolic OH excluding ortho intramolecular Hbond substituents is 1. The van der Waals surface area contributed by atoms with Crippen LogP contribution in [0.15, 0.2) is 140 Å². The van der Waals surface area contributed by atoms with Crippen LogP contribution >= 0.6 is 0 Å². The van der Waals surface area contributed by atoms with E-state index in [1.807, 2.05) is 57.3 Å². The van der Waals surface area contributed by atoms with Crippen LogP contribution in [-0.2, 0) is 28.0 Å². The molecule has 0 bridgehead atoms. The van der Waals surface area contributed by atoms with Gasteiger partial charge in [0.15, 0.2) is 0 Å². The Kier molecular flexibility index (Phi) is 11.4. The van der Waals surface area contributed by atoms with Crippen LogP contribution in [0.1, 0.15) is 134 Å². The van der Waals surface area contributed by atoms with E-state index in [0.29, 0.717) is 17.0 Å². The van der Waals surface area contributed by atoms with Crippen LogP contribution in [0.25, 0.3) is 72.7 Å². The Hall–Kier alpha value is -6.26. The van der Waals surface area contributed by atoms with Gasteiger partial charge in [-0.3, -0.25) is 9.55 Å². The molecule has 0 saturated carbocycles. The maximum Gasteiger partial charge on any atom is 0.149 e. The summed E-state index contributed by atoms with van der Waals surface area (Å²) in [6, 6.07) is 47.0. The summed E-state index contributed by atoms with van der Waals surface area (Å²) < 4.78 is 19.9. The molecule has 8 aromatic rings. The molecule has 8 rings (SSSR count). The third-order valence-corrected chi connectivity index (χ3v) is 12.8. The fourth-order valence-corrected chi connectivity index (χ4v) is 8.92. The number of rotatable bonds is 7. The van der Waals surface area contributed by atoms with Crippen molar-refractivity contribution in [3.8, 4) is 67.5 Å². The molecule has 4 nitrogen and oxygen atoms in total. The lowest BCUT2D eigenvalue weighted by molar-refractivity contribution is 0.411. The number of benzene rings is 6. The molecule has 1 N–H and O–H groups in total. The van der Waals surface area contributed by atoms with Gasteiger partial charge in [-0.25, -0.2) is 4.98 Å². The van der Waals surface area contributed by atoms with Crippen molar-refractivity contribution in [1.29, 1.82) is 0 Å². The maximum absolute atomic E-state index is 12.6. The molecule has 2 aromatic heterocycles. The molecule has 0 aliphatic carbocycles. The lowest BCUT2D eigenvalue weighted by atomic mass is 9.79. The van der Waals surface area contributed by atoms with E-state index in [9.17, 15) is 5.11 Å². The predicted octanol–water partition coefficient (Wildman–Crippen LogP) is 17.2. The second-order valence-corrected chi connectivity index (χ2v) is 23.6. The van der Waals surface area contributed by atoms with E-state index in [0.717, 1.165) is 72.5 Å². The molecule has 0 aliphatic rings. The van der Waals surface area contributed by atoms with E-state index in [2.05, 4.69) is 191 Å². The summed E-state index contributed by atoms with van der Waals surface area (Å²) in [5, 5.41) is 12.6. The minimum atomic E-state index is -1.48. The van der Waals surface area contributed by atoms with Gasteiger partial charge in [-0.15, -0.1) is 0 Å². The Morgan fingerprint density at radius 3 is 1.75 bits per heavy atom. The summed E-state index contributed by atoms with van der Waals surface area (Å²) in [7, 11) is 0. The van der Waals surface area contributed by atoms with Crippen LogP contribution in [0, 0.1) is 5.41 Å². The number of nitrogens with zero attached hydrogens (tertiary/aromatic N) is 3. The molecule has 6 aromatic carbocycles. The summed E-state index contributed by atoms with van der Waals surface area (Å²) in [6.07, 6.45) is 0.385. The van der Waals surface area contributed by atoms with Crippen molar-refractivity contribution in [3.05, 3.63) is 167 Å². The van der Waals surface area contributed by atoms with Crippen LogP contribution in [-0.4, -0.2) is 19.6 Å². The first-order chi connectivity index (χ1) is 32.0. The number of aromatic hydroxyl groups is 1. The number of aromatic nitrogens is 3. The van der Waals surface area contributed by atoms with E-state index in [1.165, 1.54) is 11.1 Å². The van der Waals surface area contributed by atoms with Crippen molar-refractivity contribution in [3.63, 3.8) is 0 Å². The van der Waals surface area contributed by atoms with Crippen LogP contribution in [0.5, 0.6) is 5.75 Å². The molecule has 0 spiro atoms. The van der Waals surface area contributed by atoms with E-state index in [4.69, 9.17) is 12.7 Å². The van der Waals surface area contributed by atoms with Crippen molar-refractivity contribution in [2.45, 2.75) is 132 Å². The smallest absolute Gasteiger partial charge is 0.149 e. The average molecular weight is 888 g/mol. The normalized spacial score (nSPS) is 13.5. The van der Waals surface area contributed by atoms with Gasteiger partial charge >= 0.3 is 0 Å². The molecule has 0 radical (unpaired) electrons. The first kappa shape index (κ1) is 44.6. The van der Waals surface area contributed by atoms with Gasteiger partial charge < -0.3 is 5.11 Å². The zero-order valence-electron chi connectivity index (χ0n) is 44.6. The summed E-state index contributed by atoms with van der Waals surface area (Å²) >= 11 is 0. The highest BCUT2D eigenvalue weighted by Gasteiger charge is 2.30. The Balaban J connectivity index is 1.40. The molecule has 67 heavy (non-hydrogen) atoms. The maximum atomic E-state index is 12.6. The third kappa shape index (κ3) is 9.91. The minimum Gasteiger partial charge on any atom is -0.507 e. The largest absolute Gasteiger partial charge is 0.507 e. The molecule has 344 valence electrons. The van der Waals surface area contributed by atoms with Gasteiger partial charge in [0.05, 0.1) is 28.0 Å². The molecule has 4 heteroatoms. The lowest BCUT2D eigenvalue weighted by Crippen LogP contribution is -2.17. The monoisotopic (exact) mass is 888 g/mol. The van der Waals surface area contributed by atoms with Crippen LogP contribution in [0.2, 0.25) is 0 Å². The first-order valence-electron chi connectivity index (χ1n) is 24.9. The molecule has 2 heterocycles. The number of hydrogen-bond donors (Lipinski definition) is 1. The number of para-hydroxylation sites is 1. The van der Waals surface area contributed by atoms with Gasteiger partial charge in [-0.05, 0) is 126 Å². The number of hydrogen-bond acceptors (Lipinski definition) is 3. The van der Waals surface area contributed by atoms with Gasteiger partial charge in [0.2, 0.25) is 0 Å². The number of pyridine rings is 1. The van der Waals surface area contributed by atoms with Crippen molar-refractivity contribution in [2.75, 3.05) is 0 Å². The molecule has 0 fully saturated rings. The molecule has 0 atom stereocenters. The van der Waals surface area contributed by atoms with Gasteiger partial charge in [0, 0.05) is 31.2 Å². The van der Waals surface area contributed by atoms with Crippen LogP contribution < -0.4 is 0 Å². The lowest BCUT2D eigenvalue weighted by Gasteiger charge is -2.28. The Labute approximate surface area is 404 Å². The van der Waals surface area contributed by atoms with Crippen molar-refractivity contribution in [2.24, 2.45) is 5.41 Å². The Morgan fingerprint density at radius 2 is 1.12 bits per heavy atom. The highest BCUT2D eigenvalue weighted by Crippen LogP contribution is 2.46. The topological polar surface area (TPSA) is 50.9 Å². The first-order valence-corrected chi connectivity index (χ1v) is 23.9. The second-order valence-electron chi connectivity index (χ2n) is 23.6. The number of imidazole rings is 1. The van der Waals surface area contributed by atoms with Crippen molar-refractivity contribution >= 4 is 11.0 Å². The SMILES string of the molecule is [2H]C([2H])(c1ccc(-c2ccnc(-c3cc(-c4cccc5c4nc(-c4cc(C(C)(C)C)cc(C(C)(C)C)c4O)n5-c4ccc(C(C)(C)C)cc4-c4ccccc4)cc(C(C)(C)C)c3)c2)cc1)C(C)(C)C. The number of fused-ring (bicyclic) bond motifs is 1. The van der Waals surface area contributed by atoms with E-state index in [1.54, 1.807) is 0 Å². The zero-order valence-corrected chi connectivity index (χ0v) is 42.6. The summed E-state index contributed by atoms with van der Waals surface area (Å²) in [5.41, 5.74) is 15.2. The molecule has 0 aliphatic heterocycles. The van der Waals surface area contributed by atoms with Crippen LogP contribution in [0.4, 0.5) is 0 Å². The zero-order chi connectivity index (χ0) is 50.2. The van der Waals surface area contributed by atoms with Crippen LogP contribution in [0.3, 0.4) is 0 Å². The standard InChI is InChI=1S/C63H71N3O/c1-59(2,3)39-40-24-26-41(27-25-40)43-30-31-64-53(35-43)45-32-44(33-47(34-45)61(7,8)9)49-22-19-23-55-56(49)65-58(51-37-48(62(10,11)12)38-52(57(51)67)63(13,14)15)66(55)54-29-28-46(60(4,5)6)36-50(54)42-20-17-16-18-21-42/h16-38,67H,39H2,1-15H3/i39D2. The second kappa shape index (κ2) is 17.1. The Morgan fingerprint density at radius 1 is 0.493 bits per heavy atom. The van der Waals surface area contributed by atoms with E-state index >= 15 is 0 Å². The molecule has 0 saturated heterocycles. The molecule has 0 unspecified atom stereocenters. The van der Waals surface area contributed by atoms with Crippen molar-refractivity contribution in [1.82, 2.24) is 14.5 Å². The summed E-state index contributed by atoms with van der Waals surface area (Å²) in [4.78, 5) is 10.7. The Bertz CT molecular complexity index is 3200. The highest BCUT2D eigenvalue weighted by molar-refractivity contribution is 5.98. The molecular formula is C63H71N3O. The molecular weight excluding hydrogens is 815 g/mol. The fraction of sp³-hybridized carbons (Fsp3) is 0.333. The summed E-state index contributed by atoms with van der Waals surface area (Å²) in [6.45, 7) is 32.5. The van der Waals surface area contributed by atoms with Crippen molar-refractivity contribution < 1.29 is 7.85 Å². The van der Waals surface area contributed by atoms with Gasteiger partial charge in [-0.2, -0.15) is 0 Å². The highest BCUT2D eigenvalue weighted by atomic mass is 16.3. The predicted molar refractivity (Wildman–Crippen MR) is 286 cm³/mol. The average Bonchev–Trinajstić information content (AvgIpc) is 3.67. The van der Waals surface area contributed by atoms with Gasteiger partial charge in [0.1, 0.15) is 11.6 Å².